The van der Waals surface area contributed by atoms with E-state index in [2.05, 4.69) is 10.4 Å². The summed E-state index contributed by atoms with van der Waals surface area (Å²) in [4.78, 5) is 13.5. The molecule has 1 aromatic heterocycles. The first-order valence-electron chi connectivity index (χ1n) is 6.82. The highest BCUT2D eigenvalue weighted by Gasteiger charge is 2.18. The van der Waals surface area contributed by atoms with E-state index in [-0.39, 0.29) is 11.6 Å². The molecule has 118 valence electrons. The normalized spacial score (nSPS) is 12.0. The topological polar surface area (TPSA) is 50.2 Å². The van der Waals surface area contributed by atoms with E-state index in [0.717, 1.165) is 11.8 Å². The van der Waals surface area contributed by atoms with Crippen molar-refractivity contribution < 1.29 is 13.6 Å². The fourth-order valence-corrected chi connectivity index (χ4v) is 2.09. The predicted octanol–water partition coefficient (Wildman–Crippen LogP) is 2.60. The van der Waals surface area contributed by atoms with Crippen LogP contribution in [0.25, 0.3) is 0 Å². The van der Waals surface area contributed by atoms with E-state index >= 15 is 0 Å². The lowest BCUT2D eigenvalue weighted by Crippen LogP contribution is -2.38. The lowest BCUT2D eigenvalue weighted by Gasteiger charge is -2.21. The number of hydrogen-bond acceptors (Lipinski definition) is 2. The van der Waals surface area contributed by atoms with E-state index in [1.54, 1.807) is 38.0 Å². The number of aryl methyl sites for hydroxylation is 1. The van der Waals surface area contributed by atoms with Crippen molar-refractivity contribution in [3.63, 3.8) is 0 Å². The Morgan fingerprint density at radius 3 is 2.77 bits per heavy atom. The monoisotopic (exact) mass is 308 g/mol. The van der Waals surface area contributed by atoms with Gasteiger partial charge in [0, 0.05) is 25.9 Å². The van der Waals surface area contributed by atoms with Crippen molar-refractivity contribution in [3.05, 3.63) is 53.4 Å². The molecule has 0 aliphatic heterocycles. The predicted molar refractivity (Wildman–Crippen MR) is 78.0 cm³/mol. The lowest BCUT2D eigenvalue weighted by molar-refractivity contribution is 0.202. The highest BCUT2D eigenvalue weighted by atomic mass is 19.2. The molecule has 1 N–H and O–H groups in total. The summed E-state index contributed by atoms with van der Waals surface area (Å²) in [6.45, 7) is 1.93. The fourth-order valence-electron chi connectivity index (χ4n) is 2.09. The molecule has 2 aromatic rings. The van der Waals surface area contributed by atoms with E-state index in [4.69, 9.17) is 0 Å². The Kier molecular flexibility index (Phi) is 4.75. The summed E-state index contributed by atoms with van der Waals surface area (Å²) in [6.07, 6.45) is 1.78. The Labute approximate surface area is 127 Å². The second kappa shape index (κ2) is 6.55. The van der Waals surface area contributed by atoms with Crippen LogP contribution < -0.4 is 5.32 Å². The fraction of sp³-hybridized carbons (Fsp3) is 0.333. The minimum atomic E-state index is -0.942. The van der Waals surface area contributed by atoms with Crippen molar-refractivity contribution in [2.45, 2.75) is 19.5 Å². The van der Waals surface area contributed by atoms with E-state index in [9.17, 15) is 13.6 Å². The molecular formula is C15H18F2N4O. The number of benzene rings is 1. The molecule has 0 bridgehead atoms. The largest absolute Gasteiger partial charge is 0.331 e. The first-order valence-corrected chi connectivity index (χ1v) is 6.82. The Hall–Kier alpha value is -2.44. The summed E-state index contributed by atoms with van der Waals surface area (Å²) >= 11 is 0. The number of nitrogens with zero attached hydrogens (tertiary/aromatic N) is 3. The quantitative estimate of drug-likeness (QED) is 0.944. The van der Waals surface area contributed by atoms with Crippen LogP contribution in [0.15, 0.2) is 30.5 Å². The van der Waals surface area contributed by atoms with Crippen LogP contribution in [0, 0.1) is 11.6 Å². The molecule has 22 heavy (non-hydrogen) atoms. The van der Waals surface area contributed by atoms with Gasteiger partial charge in [-0.2, -0.15) is 5.10 Å². The Bertz CT molecular complexity index is 671. The number of urea groups is 1. The Balaban J connectivity index is 2.00. The molecule has 0 aliphatic rings. The van der Waals surface area contributed by atoms with Gasteiger partial charge in [-0.25, -0.2) is 13.6 Å². The van der Waals surface area contributed by atoms with E-state index in [1.807, 2.05) is 0 Å². The summed E-state index contributed by atoms with van der Waals surface area (Å²) in [5.41, 5.74) is 0.851. The molecule has 7 heteroatoms. The molecule has 1 atom stereocenters. The number of nitrogens with one attached hydrogen (secondary N) is 1. The molecule has 0 radical (unpaired) electrons. The third-order valence-electron chi connectivity index (χ3n) is 3.30. The number of carbonyl (C=O) groups is 1. The van der Waals surface area contributed by atoms with Crippen LogP contribution in [0.4, 0.5) is 13.6 Å². The smallest absolute Gasteiger partial charge is 0.317 e. The van der Waals surface area contributed by atoms with Gasteiger partial charge in [-0.15, -0.1) is 0 Å². The number of aromatic nitrogens is 2. The molecule has 2 amide bonds. The second-order valence-electron chi connectivity index (χ2n) is 5.15. The second-order valence-corrected chi connectivity index (χ2v) is 5.15. The van der Waals surface area contributed by atoms with Crippen molar-refractivity contribution >= 4 is 6.03 Å². The molecule has 5 nitrogen and oxygen atoms in total. The average Bonchev–Trinajstić information content (AvgIpc) is 2.86. The summed E-state index contributed by atoms with van der Waals surface area (Å²) in [6, 6.07) is 4.67. The zero-order chi connectivity index (χ0) is 16.3. The summed E-state index contributed by atoms with van der Waals surface area (Å²) in [5, 5.41) is 6.82. The number of rotatable bonds is 4. The van der Waals surface area contributed by atoms with Gasteiger partial charge in [0.25, 0.3) is 0 Å². The van der Waals surface area contributed by atoms with E-state index in [0.29, 0.717) is 6.54 Å². The molecule has 0 fully saturated rings. The van der Waals surface area contributed by atoms with Crippen LogP contribution in [-0.4, -0.2) is 27.8 Å². The standard InChI is InChI=1S/C15H18F2N4O/c1-10(12-5-4-6-13(16)14(12)17)18-15(22)20(2)9-11-7-8-21(3)19-11/h4-8,10H,9H2,1-3H3,(H,18,22). The molecule has 1 heterocycles. The molecule has 1 aromatic carbocycles. The maximum absolute atomic E-state index is 13.7. The molecule has 2 rings (SSSR count). The van der Waals surface area contributed by atoms with Crippen LogP contribution in [-0.2, 0) is 13.6 Å². The Morgan fingerprint density at radius 1 is 1.41 bits per heavy atom. The van der Waals surface area contributed by atoms with Crippen molar-refractivity contribution in [1.29, 1.82) is 0 Å². The van der Waals surface area contributed by atoms with Crippen molar-refractivity contribution in [3.8, 4) is 0 Å². The highest BCUT2D eigenvalue weighted by Crippen LogP contribution is 2.19. The molecule has 0 spiro atoms. The van der Waals surface area contributed by atoms with Gasteiger partial charge in [0.1, 0.15) is 0 Å². The number of amides is 2. The first kappa shape index (κ1) is 15.9. The summed E-state index contributed by atoms with van der Waals surface area (Å²) < 4.78 is 28.6. The first-order chi connectivity index (χ1) is 10.4. The third kappa shape index (κ3) is 3.60. The summed E-state index contributed by atoms with van der Waals surface area (Å²) in [7, 11) is 3.40. The lowest BCUT2D eigenvalue weighted by atomic mass is 10.1. The zero-order valence-corrected chi connectivity index (χ0v) is 12.7. The van der Waals surface area contributed by atoms with Gasteiger partial charge in [0.15, 0.2) is 11.6 Å². The van der Waals surface area contributed by atoms with Crippen LogP contribution >= 0.6 is 0 Å². The maximum atomic E-state index is 13.7. The number of halogens is 2. The zero-order valence-electron chi connectivity index (χ0n) is 12.7. The number of carbonyl (C=O) groups excluding carboxylic acids is 1. The maximum Gasteiger partial charge on any atom is 0.317 e. The van der Waals surface area contributed by atoms with Crippen LogP contribution in [0.2, 0.25) is 0 Å². The van der Waals surface area contributed by atoms with Gasteiger partial charge in [-0.05, 0) is 19.1 Å². The van der Waals surface area contributed by atoms with Crippen LogP contribution in [0.1, 0.15) is 24.2 Å². The van der Waals surface area contributed by atoms with Crippen molar-refractivity contribution in [2.24, 2.45) is 7.05 Å². The number of hydrogen-bond donors (Lipinski definition) is 1. The average molecular weight is 308 g/mol. The van der Waals surface area contributed by atoms with Gasteiger partial charge in [-0.1, -0.05) is 12.1 Å². The van der Waals surface area contributed by atoms with Gasteiger partial charge in [0.05, 0.1) is 18.3 Å². The molecule has 0 aliphatic carbocycles. The van der Waals surface area contributed by atoms with Crippen molar-refractivity contribution in [1.82, 2.24) is 20.0 Å². The van der Waals surface area contributed by atoms with Crippen LogP contribution in [0.5, 0.6) is 0 Å². The van der Waals surface area contributed by atoms with Gasteiger partial charge < -0.3 is 10.2 Å². The molecule has 0 saturated carbocycles. The Morgan fingerprint density at radius 2 is 2.14 bits per heavy atom. The SMILES string of the molecule is CC(NC(=O)N(C)Cc1ccn(C)n1)c1cccc(F)c1F. The highest BCUT2D eigenvalue weighted by molar-refractivity contribution is 5.74. The van der Waals surface area contributed by atoms with Gasteiger partial charge >= 0.3 is 6.03 Å². The molecular weight excluding hydrogens is 290 g/mol. The van der Waals surface area contributed by atoms with Gasteiger partial charge in [0.2, 0.25) is 0 Å². The minimum absolute atomic E-state index is 0.111. The molecule has 0 saturated heterocycles. The summed E-state index contributed by atoms with van der Waals surface area (Å²) in [5.74, 6) is -1.87. The minimum Gasteiger partial charge on any atom is -0.331 e. The van der Waals surface area contributed by atoms with Crippen LogP contribution in [0.3, 0.4) is 0 Å². The van der Waals surface area contributed by atoms with E-state index < -0.39 is 17.7 Å². The molecule has 1 unspecified atom stereocenters. The third-order valence-corrected chi connectivity index (χ3v) is 3.30. The van der Waals surface area contributed by atoms with Gasteiger partial charge in [-0.3, -0.25) is 4.68 Å². The van der Waals surface area contributed by atoms with E-state index in [1.165, 1.54) is 17.0 Å². The van der Waals surface area contributed by atoms with Crippen molar-refractivity contribution in [2.75, 3.05) is 7.05 Å².